The zero-order chi connectivity index (χ0) is 12.8. The Hall–Kier alpha value is -2.96. The van der Waals surface area contributed by atoms with Crippen molar-refractivity contribution >= 4 is 27.9 Å². The second-order valence-corrected chi connectivity index (χ2v) is 4.19. The first-order valence-electron chi connectivity index (χ1n) is 5.71. The van der Waals surface area contributed by atoms with E-state index in [1.54, 1.807) is 6.20 Å². The number of aromatic nitrogens is 6. The number of nitrogens with one attached hydrogen (secondary N) is 2. The maximum atomic E-state index is 5.89. The highest BCUT2D eigenvalue weighted by molar-refractivity contribution is 5.98. The van der Waals surface area contributed by atoms with E-state index in [0.717, 1.165) is 22.0 Å². The predicted molar refractivity (Wildman–Crippen MR) is 71.2 cm³/mol. The lowest BCUT2D eigenvalue weighted by Gasteiger charge is -1.99. The number of hydrogen-bond donors (Lipinski definition) is 3. The molecule has 19 heavy (non-hydrogen) atoms. The third-order valence-corrected chi connectivity index (χ3v) is 3.06. The van der Waals surface area contributed by atoms with Gasteiger partial charge in [-0.2, -0.15) is 5.10 Å². The minimum Gasteiger partial charge on any atom is -0.383 e. The Morgan fingerprint density at radius 3 is 3.00 bits per heavy atom. The van der Waals surface area contributed by atoms with Crippen molar-refractivity contribution in [3.8, 4) is 11.3 Å². The van der Waals surface area contributed by atoms with Crippen molar-refractivity contribution in [3.63, 3.8) is 0 Å². The molecule has 0 atom stereocenters. The first-order chi connectivity index (χ1) is 9.33. The number of nitrogen functional groups attached to an aromatic ring is 1. The van der Waals surface area contributed by atoms with Crippen molar-refractivity contribution in [3.05, 3.63) is 30.9 Å². The summed E-state index contributed by atoms with van der Waals surface area (Å²) in [5.41, 5.74) is 8.94. The second kappa shape index (κ2) is 3.52. The van der Waals surface area contributed by atoms with Gasteiger partial charge in [0.2, 0.25) is 0 Å². The van der Waals surface area contributed by atoms with Gasteiger partial charge in [0.15, 0.2) is 5.65 Å². The molecule has 0 unspecified atom stereocenters. The zero-order valence-electron chi connectivity index (χ0n) is 9.75. The Bertz CT molecular complexity index is 889. The van der Waals surface area contributed by atoms with Gasteiger partial charge in [0.1, 0.15) is 23.5 Å². The average molecular weight is 251 g/mol. The van der Waals surface area contributed by atoms with Gasteiger partial charge in [-0.3, -0.25) is 5.10 Å². The maximum absolute atomic E-state index is 5.89. The van der Waals surface area contributed by atoms with Crippen LogP contribution < -0.4 is 5.73 Å². The van der Waals surface area contributed by atoms with Crippen LogP contribution >= 0.6 is 0 Å². The summed E-state index contributed by atoms with van der Waals surface area (Å²) in [7, 11) is 0. The number of nitrogens with zero attached hydrogens (tertiary/aromatic N) is 4. The summed E-state index contributed by atoms with van der Waals surface area (Å²) in [6, 6.07) is 3.96. The van der Waals surface area contributed by atoms with E-state index in [-0.39, 0.29) is 0 Å². The SMILES string of the molecule is Nc1ncnc2[nH]nc(-c3cnc4[nH]ccc4c3)c12. The third-order valence-electron chi connectivity index (χ3n) is 3.06. The van der Waals surface area contributed by atoms with Crippen molar-refractivity contribution in [1.82, 2.24) is 30.1 Å². The molecule has 0 spiro atoms. The minimum absolute atomic E-state index is 0.405. The van der Waals surface area contributed by atoms with Crippen molar-refractivity contribution in [2.75, 3.05) is 5.73 Å². The molecule has 0 aliphatic carbocycles. The molecule has 7 heteroatoms. The number of hydrogen-bond acceptors (Lipinski definition) is 5. The van der Waals surface area contributed by atoms with E-state index in [0.29, 0.717) is 17.2 Å². The summed E-state index contributed by atoms with van der Waals surface area (Å²) in [5, 5.41) is 8.85. The van der Waals surface area contributed by atoms with E-state index < -0.39 is 0 Å². The van der Waals surface area contributed by atoms with Crippen LogP contribution in [0.3, 0.4) is 0 Å². The number of anilines is 1. The smallest absolute Gasteiger partial charge is 0.161 e. The van der Waals surface area contributed by atoms with Gasteiger partial charge in [-0.15, -0.1) is 0 Å². The van der Waals surface area contributed by atoms with Crippen molar-refractivity contribution in [2.45, 2.75) is 0 Å². The highest BCUT2D eigenvalue weighted by Gasteiger charge is 2.13. The summed E-state index contributed by atoms with van der Waals surface area (Å²) in [6.45, 7) is 0. The van der Waals surface area contributed by atoms with Gasteiger partial charge in [-0.1, -0.05) is 0 Å². The quantitative estimate of drug-likeness (QED) is 0.474. The molecule has 4 N–H and O–H groups in total. The Morgan fingerprint density at radius 1 is 1.11 bits per heavy atom. The molecule has 4 aromatic rings. The Morgan fingerprint density at radius 2 is 2.05 bits per heavy atom. The van der Waals surface area contributed by atoms with Crippen LogP contribution in [0.25, 0.3) is 33.3 Å². The van der Waals surface area contributed by atoms with Crippen LogP contribution in [0.4, 0.5) is 5.82 Å². The van der Waals surface area contributed by atoms with Crippen molar-refractivity contribution < 1.29 is 0 Å². The normalized spacial score (nSPS) is 11.4. The Balaban J connectivity index is 2.03. The van der Waals surface area contributed by atoms with E-state index >= 15 is 0 Å². The monoisotopic (exact) mass is 251 g/mol. The van der Waals surface area contributed by atoms with Gasteiger partial charge in [0.05, 0.1) is 5.39 Å². The van der Waals surface area contributed by atoms with Crippen LogP contribution in [0.15, 0.2) is 30.9 Å². The fourth-order valence-corrected chi connectivity index (χ4v) is 2.16. The first kappa shape index (κ1) is 10.0. The van der Waals surface area contributed by atoms with Gasteiger partial charge >= 0.3 is 0 Å². The largest absolute Gasteiger partial charge is 0.383 e. The summed E-state index contributed by atoms with van der Waals surface area (Å²) in [5.74, 6) is 0.405. The molecule has 4 heterocycles. The van der Waals surface area contributed by atoms with Crippen LogP contribution in [0.1, 0.15) is 0 Å². The average Bonchev–Trinajstić information content (AvgIpc) is 3.04. The van der Waals surface area contributed by atoms with Gasteiger partial charge in [-0.05, 0) is 12.1 Å². The van der Waals surface area contributed by atoms with Gasteiger partial charge in [-0.25, -0.2) is 15.0 Å². The van der Waals surface area contributed by atoms with Gasteiger partial charge in [0.25, 0.3) is 0 Å². The molecule has 92 valence electrons. The minimum atomic E-state index is 0.405. The molecule has 0 aliphatic rings. The van der Waals surface area contributed by atoms with Crippen molar-refractivity contribution in [1.29, 1.82) is 0 Å². The Labute approximate surface area is 106 Å². The molecule has 0 saturated heterocycles. The summed E-state index contributed by atoms with van der Waals surface area (Å²) in [6.07, 6.45) is 5.01. The molecule has 7 nitrogen and oxygen atoms in total. The summed E-state index contributed by atoms with van der Waals surface area (Å²) < 4.78 is 0. The standard InChI is InChI=1S/C12H9N7/c13-10-8-9(18-19-12(8)17-5-16-10)7-3-6-1-2-14-11(6)15-4-7/h1-5H,(H,14,15)(H3,13,16,17,18,19). The second-order valence-electron chi connectivity index (χ2n) is 4.19. The number of aromatic amines is 2. The van der Waals surface area contributed by atoms with Crippen molar-refractivity contribution in [2.24, 2.45) is 0 Å². The number of pyridine rings is 1. The fraction of sp³-hybridized carbons (Fsp3) is 0. The van der Waals surface area contributed by atoms with E-state index in [2.05, 4.69) is 30.1 Å². The summed E-state index contributed by atoms with van der Waals surface area (Å²) >= 11 is 0. The molecule has 0 amide bonds. The molecule has 0 aliphatic heterocycles. The molecule has 4 rings (SSSR count). The molecule has 4 aromatic heterocycles. The molecule has 0 aromatic carbocycles. The van der Waals surface area contributed by atoms with Crippen LogP contribution in [-0.2, 0) is 0 Å². The van der Waals surface area contributed by atoms with E-state index in [4.69, 9.17) is 5.73 Å². The molecule has 0 fully saturated rings. The van der Waals surface area contributed by atoms with Crippen LogP contribution in [0.5, 0.6) is 0 Å². The highest BCUT2D eigenvalue weighted by Crippen LogP contribution is 2.29. The molecular weight excluding hydrogens is 242 g/mol. The van der Waals surface area contributed by atoms with Gasteiger partial charge < -0.3 is 10.7 Å². The van der Waals surface area contributed by atoms with Gasteiger partial charge in [0, 0.05) is 23.3 Å². The maximum Gasteiger partial charge on any atom is 0.161 e. The van der Waals surface area contributed by atoms with E-state index in [1.165, 1.54) is 6.33 Å². The van der Waals surface area contributed by atoms with E-state index in [9.17, 15) is 0 Å². The Kier molecular flexibility index (Phi) is 1.85. The predicted octanol–water partition coefficient (Wildman–Crippen LogP) is 1.48. The molecule has 0 radical (unpaired) electrons. The lowest BCUT2D eigenvalue weighted by Crippen LogP contribution is -1.92. The fourth-order valence-electron chi connectivity index (χ4n) is 2.16. The number of rotatable bonds is 1. The van der Waals surface area contributed by atoms with Crippen LogP contribution in [-0.4, -0.2) is 30.1 Å². The summed E-state index contributed by atoms with van der Waals surface area (Å²) in [4.78, 5) is 15.5. The molecule has 0 bridgehead atoms. The first-order valence-corrected chi connectivity index (χ1v) is 5.71. The third kappa shape index (κ3) is 1.38. The van der Waals surface area contributed by atoms with Crippen LogP contribution in [0, 0.1) is 0 Å². The van der Waals surface area contributed by atoms with Crippen LogP contribution in [0.2, 0.25) is 0 Å². The number of H-pyrrole nitrogens is 2. The zero-order valence-corrected chi connectivity index (χ0v) is 9.75. The lowest BCUT2D eigenvalue weighted by atomic mass is 10.1. The lowest BCUT2D eigenvalue weighted by molar-refractivity contribution is 1.09. The number of fused-ring (bicyclic) bond motifs is 2. The highest BCUT2D eigenvalue weighted by atomic mass is 15.2. The molecular formula is C12H9N7. The molecule has 0 saturated carbocycles. The number of nitrogens with two attached hydrogens (primary N) is 1. The van der Waals surface area contributed by atoms with E-state index in [1.807, 2.05) is 18.3 Å². The topological polar surface area (TPSA) is 109 Å².